The van der Waals surface area contributed by atoms with Gasteiger partial charge in [-0.25, -0.2) is 0 Å². The summed E-state index contributed by atoms with van der Waals surface area (Å²) >= 11 is 0. The normalized spacial score (nSPS) is 11.1. The van der Waals surface area contributed by atoms with Crippen LogP contribution in [0.5, 0.6) is 0 Å². The lowest BCUT2D eigenvalue weighted by Gasteiger charge is -2.25. The lowest BCUT2D eigenvalue weighted by molar-refractivity contribution is 0.104. The number of carbonyl (C=O) groups excluding carboxylic acids is 1. The van der Waals surface area contributed by atoms with E-state index in [1.807, 2.05) is 12.1 Å². The Bertz CT molecular complexity index is 1590. The number of hydrogen-bond donors (Lipinski definition) is 0. The third-order valence-electron chi connectivity index (χ3n) is 7.34. The van der Waals surface area contributed by atoms with E-state index in [1.165, 1.54) is 21.2 Å². The monoisotopic (exact) mass is 578 g/mol. The molecule has 0 unspecified atom stereocenters. The van der Waals surface area contributed by atoms with Crippen molar-refractivity contribution in [2.24, 2.45) is 0 Å². The zero-order valence-corrected chi connectivity index (χ0v) is 25.6. The van der Waals surface area contributed by atoms with Gasteiger partial charge in [-0.05, 0) is 61.5 Å². The van der Waals surface area contributed by atoms with E-state index in [0.29, 0.717) is 0 Å². The fourth-order valence-electron chi connectivity index (χ4n) is 5.35. The molecule has 42 heavy (non-hydrogen) atoms. The van der Waals surface area contributed by atoms with Gasteiger partial charge in [0.2, 0.25) is 0 Å². The van der Waals surface area contributed by atoms with Gasteiger partial charge >= 0.3 is 0 Å². The highest BCUT2D eigenvalue weighted by Gasteiger charge is 2.27. The van der Waals surface area contributed by atoms with Crippen molar-refractivity contribution < 1.29 is 4.79 Å². The van der Waals surface area contributed by atoms with Crippen LogP contribution in [0.25, 0.3) is 0 Å². The second-order valence-electron chi connectivity index (χ2n) is 10.4. The Labute approximate surface area is 251 Å². The van der Waals surface area contributed by atoms with Gasteiger partial charge in [0, 0.05) is 11.1 Å². The molecule has 1 nitrogen and oxygen atoms in total. The fourth-order valence-corrected chi connectivity index (χ4v) is 10.4. The molecule has 0 spiro atoms. The van der Waals surface area contributed by atoms with Crippen molar-refractivity contribution in [3.63, 3.8) is 0 Å². The topological polar surface area (TPSA) is 17.1 Å². The summed E-state index contributed by atoms with van der Waals surface area (Å²) < 4.78 is 0. The third-order valence-corrected chi connectivity index (χ3v) is 12.3. The molecule has 3 heteroatoms. The van der Waals surface area contributed by atoms with Crippen LogP contribution < -0.4 is 31.8 Å². The van der Waals surface area contributed by atoms with Gasteiger partial charge in [-0.1, -0.05) is 169 Å². The van der Waals surface area contributed by atoms with Gasteiger partial charge in [0.15, 0.2) is 5.78 Å². The van der Waals surface area contributed by atoms with Crippen LogP contribution in [0.1, 0.15) is 27.0 Å². The highest BCUT2D eigenvalue weighted by Crippen LogP contribution is 2.37. The molecule has 0 radical (unpaired) electrons. The van der Waals surface area contributed by atoms with Crippen molar-refractivity contribution >= 4 is 53.5 Å². The largest absolute Gasteiger partial charge is 0.289 e. The molecular weight excluding hydrogens is 546 g/mol. The van der Waals surface area contributed by atoms with E-state index in [0.717, 1.165) is 32.9 Å². The minimum Gasteiger partial charge on any atom is -0.289 e. The maximum Gasteiger partial charge on any atom is 0.194 e. The van der Waals surface area contributed by atoms with Crippen molar-refractivity contribution in [1.29, 1.82) is 0 Å². The second-order valence-corrected chi connectivity index (χ2v) is 14.8. The quantitative estimate of drug-likeness (QED) is 0.140. The molecule has 0 bridgehead atoms. The average molecular weight is 579 g/mol. The van der Waals surface area contributed by atoms with Crippen LogP contribution in [0.3, 0.4) is 0 Å². The van der Waals surface area contributed by atoms with Crippen molar-refractivity contribution in [2.75, 3.05) is 0 Å². The SMILES string of the molecule is Cc1ccc(C(=O)c2ccc(C)cc2P(c2ccccc2)c2ccccc2)c(P(c2ccccc2)c2ccccc2)c1. The van der Waals surface area contributed by atoms with Gasteiger partial charge < -0.3 is 0 Å². The molecule has 0 atom stereocenters. The Balaban J connectivity index is 1.55. The van der Waals surface area contributed by atoms with Crippen molar-refractivity contribution in [2.45, 2.75) is 13.8 Å². The van der Waals surface area contributed by atoms with Crippen LogP contribution >= 0.6 is 15.8 Å². The fraction of sp³-hybridized carbons (Fsp3) is 0.0513. The van der Waals surface area contributed by atoms with Crippen LogP contribution in [-0.2, 0) is 0 Å². The van der Waals surface area contributed by atoms with E-state index in [1.54, 1.807) is 0 Å². The van der Waals surface area contributed by atoms with E-state index < -0.39 is 15.8 Å². The lowest BCUT2D eigenvalue weighted by atomic mass is 10.0. The van der Waals surface area contributed by atoms with Gasteiger partial charge in [-0.3, -0.25) is 4.79 Å². The molecule has 0 aliphatic heterocycles. The Morgan fingerprint density at radius 3 is 0.976 bits per heavy atom. The summed E-state index contributed by atoms with van der Waals surface area (Å²) in [5.74, 6) is 0.0822. The molecule has 6 aromatic rings. The standard InChI is InChI=1S/C39H32OP2/c1-29-23-25-35(37(27-29)41(31-15-7-3-8-16-31)32-17-9-4-10-18-32)39(40)36-26-24-30(2)28-38(36)42(33-19-11-5-12-20-33)34-21-13-6-14-22-34/h3-28H,1-2H3. The number of carbonyl (C=O) groups is 1. The van der Waals surface area contributed by atoms with Crippen LogP contribution in [0.4, 0.5) is 0 Å². The molecule has 0 saturated heterocycles. The Hall–Kier alpha value is -4.15. The van der Waals surface area contributed by atoms with Crippen LogP contribution in [0, 0.1) is 13.8 Å². The zero-order chi connectivity index (χ0) is 28.9. The van der Waals surface area contributed by atoms with Crippen LogP contribution in [0.15, 0.2) is 158 Å². The third kappa shape index (κ3) is 5.91. The van der Waals surface area contributed by atoms with Gasteiger partial charge in [-0.2, -0.15) is 0 Å². The molecular formula is C39H32OP2. The Morgan fingerprint density at radius 1 is 0.405 bits per heavy atom. The summed E-state index contributed by atoms with van der Waals surface area (Å²) in [4.78, 5) is 14.9. The lowest BCUT2D eigenvalue weighted by Crippen LogP contribution is -2.29. The Morgan fingerprint density at radius 2 is 0.690 bits per heavy atom. The molecule has 6 aromatic carbocycles. The Kier molecular flexibility index (Phi) is 8.52. The number of benzene rings is 6. The molecule has 0 aliphatic carbocycles. The first kappa shape index (κ1) is 28.0. The molecule has 0 amide bonds. The first-order chi connectivity index (χ1) is 20.6. The second kappa shape index (κ2) is 12.8. The van der Waals surface area contributed by atoms with E-state index in [9.17, 15) is 4.79 Å². The summed E-state index contributed by atoms with van der Waals surface area (Å²) in [6.45, 7) is 4.23. The molecule has 0 aromatic heterocycles. The minimum atomic E-state index is -0.940. The highest BCUT2D eigenvalue weighted by atomic mass is 31.1. The van der Waals surface area contributed by atoms with Crippen LogP contribution in [-0.4, -0.2) is 5.78 Å². The molecule has 6 rings (SSSR count). The maximum atomic E-state index is 14.9. The van der Waals surface area contributed by atoms with Gasteiger partial charge in [0.05, 0.1) is 0 Å². The summed E-state index contributed by atoms with van der Waals surface area (Å²) in [7, 11) is -1.88. The first-order valence-electron chi connectivity index (χ1n) is 14.2. The number of aryl methyl sites for hydroxylation is 2. The van der Waals surface area contributed by atoms with E-state index >= 15 is 0 Å². The van der Waals surface area contributed by atoms with Crippen LogP contribution in [0.2, 0.25) is 0 Å². The van der Waals surface area contributed by atoms with E-state index in [2.05, 4.69) is 159 Å². The predicted molar refractivity (Wildman–Crippen MR) is 183 cm³/mol. The molecule has 0 N–H and O–H groups in total. The smallest absolute Gasteiger partial charge is 0.194 e. The van der Waals surface area contributed by atoms with E-state index in [4.69, 9.17) is 0 Å². The molecule has 204 valence electrons. The summed E-state index contributed by atoms with van der Waals surface area (Å²) in [6.07, 6.45) is 0. The first-order valence-corrected chi connectivity index (χ1v) is 16.8. The highest BCUT2D eigenvalue weighted by molar-refractivity contribution is 7.80. The average Bonchev–Trinajstić information content (AvgIpc) is 3.03. The van der Waals surface area contributed by atoms with Gasteiger partial charge in [-0.15, -0.1) is 0 Å². The van der Waals surface area contributed by atoms with Gasteiger partial charge in [0.1, 0.15) is 0 Å². The molecule has 0 heterocycles. The molecule has 0 saturated carbocycles. The van der Waals surface area contributed by atoms with Crippen molar-refractivity contribution in [3.8, 4) is 0 Å². The van der Waals surface area contributed by atoms with Crippen molar-refractivity contribution in [3.05, 3.63) is 180 Å². The van der Waals surface area contributed by atoms with Crippen molar-refractivity contribution in [1.82, 2.24) is 0 Å². The molecule has 0 fully saturated rings. The maximum absolute atomic E-state index is 14.9. The summed E-state index contributed by atoms with van der Waals surface area (Å²) in [5.41, 5.74) is 3.86. The summed E-state index contributed by atoms with van der Waals surface area (Å²) in [6, 6.07) is 55.2. The minimum absolute atomic E-state index is 0.0822. The predicted octanol–water partition coefficient (Wildman–Crippen LogP) is 7.05. The number of rotatable bonds is 8. The van der Waals surface area contributed by atoms with E-state index in [-0.39, 0.29) is 5.78 Å². The molecule has 0 aliphatic rings. The zero-order valence-electron chi connectivity index (χ0n) is 23.8. The number of hydrogen-bond acceptors (Lipinski definition) is 1. The van der Waals surface area contributed by atoms with Gasteiger partial charge in [0.25, 0.3) is 0 Å². The number of ketones is 1. The summed E-state index contributed by atoms with van der Waals surface area (Å²) in [5, 5.41) is 7.14.